The summed E-state index contributed by atoms with van der Waals surface area (Å²) in [4.78, 5) is 20.7. The molecule has 1 aromatic rings. The first-order valence-electron chi connectivity index (χ1n) is 7.85. The summed E-state index contributed by atoms with van der Waals surface area (Å²) in [5.41, 5.74) is 8.48. The Morgan fingerprint density at radius 2 is 1.92 bits per heavy atom. The molecule has 25 heavy (non-hydrogen) atoms. The van der Waals surface area contributed by atoms with E-state index in [0.717, 1.165) is 36.6 Å². The third-order valence-electron chi connectivity index (χ3n) is 3.68. The summed E-state index contributed by atoms with van der Waals surface area (Å²) < 4.78 is 0. The van der Waals surface area contributed by atoms with Crippen molar-refractivity contribution in [3.63, 3.8) is 0 Å². The Balaban J connectivity index is 2.28. The molecule has 132 valence electrons. The predicted octanol–water partition coefficient (Wildman–Crippen LogP) is 4.38. The van der Waals surface area contributed by atoms with Gasteiger partial charge in [-0.05, 0) is 50.8 Å². The molecule has 2 rings (SSSR count). The molecule has 0 radical (unpaired) electrons. The molecule has 1 aliphatic carbocycles. The van der Waals surface area contributed by atoms with Crippen molar-refractivity contribution in [1.82, 2.24) is 5.43 Å². The van der Waals surface area contributed by atoms with Crippen molar-refractivity contribution >= 4 is 17.1 Å². The lowest BCUT2D eigenvalue weighted by atomic mass is 9.98. The number of anilines is 1. The van der Waals surface area contributed by atoms with Gasteiger partial charge in [0.15, 0.2) is 0 Å². The second-order valence-corrected chi connectivity index (χ2v) is 5.92. The first-order valence-corrected chi connectivity index (χ1v) is 7.85. The SMILES string of the molecule is CC(C)=CC(NNc1ccc([N+](=O)[O-])cc1[N+](=O)[O-])=C1CC=CCC1. The molecule has 0 saturated heterocycles. The standard InChI is InChI=1S/C17H20N4O4/c1-12(2)10-16(13-6-4-3-5-7-13)19-18-15-9-8-14(20(22)23)11-17(15)21(24)25/h3-4,8-11,18-19H,5-7H2,1-2H3. The summed E-state index contributed by atoms with van der Waals surface area (Å²) in [5, 5.41) is 22.0. The van der Waals surface area contributed by atoms with Crippen molar-refractivity contribution in [2.75, 3.05) is 5.43 Å². The van der Waals surface area contributed by atoms with E-state index in [1.54, 1.807) is 0 Å². The van der Waals surface area contributed by atoms with Gasteiger partial charge in [0.1, 0.15) is 5.69 Å². The molecule has 0 bridgehead atoms. The molecule has 0 amide bonds. The van der Waals surface area contributed by atoms with Crippen LogP contribution in [0.3, 0.4) is 0 Å². The molecule has 0 fully saturated rings. The highest BCUT2D eigenvalue weighted by atomic mass is 16.6. The molecule has 0 atom stereocenters. The Morgan fingerprint density at radius 3 is 2.48 bits per heavy atom. The van der Waals surface area contributed by atoms with Gasteiger partial charge in [-0.2, -0.15) is 0 Å². The number of hydrogen-bond donors (Lipinski definition) is 2. The second-order valence-electron chi connectivity index (χ2n) is 5.92. The lowest BCUT2D eigenvalue weighted by molar-refractivity contribution is -0.393. The summed E-state index contributed by atoms with van der Waals surface area (Å²) in [6.07, 6.45) is 8.86. The number of rotatable bonds is 6. The molecule has 0 unspecified atom stereocenters. The predicted molar refractivity (Wildman–Crippen MR) is 96.0 cm³/mol. The van der Waals surface area contributed by atoms with Crippen LogP contribution in [0.2, 0.25) is 0 Å². The largest absolute Gasteiger partial charge is 0.301 e. The average molecular weight is 344 g/mol. The summed E-state index contributed by atoms with van der Waals surface area (Å²) in [7, 11) is 0. The Morgan fingerprint density at radius 1 is 1.16 bits per heavy atom. The summed E-state index contributed by atoms with van der Waals surface area (Å²) in [6, 6.07) is 3.50. The smallest absolute Gasteiger partial charge is 0.300 e. The van der Waals surface area contributed by atoms with Gasteiger partial charge >= 0.3 is 5.69 Å². The van der Waals surface area contributed by atoms with Gasteiger partial charge < -0.3 is 5.43 Å². The van der Waals surface area contributed by atoms with Crippen LogP contribution in [0, 0.1) is 20.2 Å². The minimum atomic E-state index is -0.658. The molecule has 0 aromatic heterocycles. The van der Waals surface area contributed by atoms with Gasteiger partial charge in [0.05, 0.1) is 21.6 Å². The number of nitrogens with zero attached hydrogens (tertiary/aromatic N) is 2. The van der Waals surface area contributed by atoms with Gasteiger partial charge in [0.25, 0.3) is 5.69 Å². The first kappa shape index (κ1) is 18.2. The lowest BCUT2D eigenvalue weighted by Crippen LogP contribution is -2.22. The van der Waals surface area contributed by atoms with Crippen molar-refractivity contribution in [3.05, 3.63) is 73.5 Å². The molecular weight excluding hydrogens is 324 g/mol. The van der Waals surface area contributed by atoms with Gasteiger partial charge in [0, 0.05) is 6.07 Å². The van der Waals surface area contributed by atoms with Crippen molar-refractivity contribution < 1.29 is 9.85 Å². The van der Waals surface area contributed by atoms with Crippen LogP contribution < -0.4 is 10.9 Å². The molecule has 0 saturated carbocycles. The molecule has 1 aromatic carbocycles. The fourth-order valence-corrected chi connectivity index (χ4v) is 2.49. The molecule has 1 aliphatic rings. The molecule has 0 heterocycles. The Labute approximate surface area is 145 Å². The molecule has 8 heteroatoms. The number of non-ortho nitro benzene ring substituents is 1. The monoisotopic (exact) mass is 344 g/mol. The Hall–Kier alpha value is -3.16. The number of hydrazine groups is 1. The van der Waals surface area contributed by atoms with E-state index in [2.05, 4.69) is 23.0 Å². The van der Waals surface area contributed by atoms with Gasteiger partial charge in [-0.3, -0.25) is 25.7 Å². The minimum absolute atomic E-state index is 0.169. The zero-order valence-electron chi connectivity index (χ0n) is 14.1. The maximum atomic E-state index is 11.2. The summed E-state index contributed by atoms with van der Waals surface area (Å²) in [5.74, 6) is 0. The number of hydrogen-bond acceptors (Lipinski definition) is 6. The van der Waals surface area contributed by atoms with E-state index in [0.29, 0.717) is 0 Å². The number of nitro benzene ring substituents is 2. The third kappa shape index (κ3) is 4.90. The molecule has 0 aliphatic heterocycles. The van der Waals surface area contributed by atoms with E-state index in [1.165, 1.54) is 17.7 Å². The number of allylic oxidation sites excluding steroid dienone is 5. The summed E-state index contributed by atoms with van der Waals surface area (Å²) in [6.45, 7) is 3.93. The molecule has 0 spiro atoms. The minimum Gasteiger partial charge on any atom is -0.301 e. The quantitative estimate of drug-likeness (QED) is 0.450. The van der Waals surface area contributed by atoms with Crippen molar-refractivity contribution in [3.8, 4) is 0 Å². The average Bonchev–Trinajstić information content (AvgIpc) is 2.58. The van der Waals surface area contributed by atoms with Gasteiger partial charge in [-0.1, -0.05) is 17.7 Å². The van der Waals surface area contributed by atoms with Crippen LogP contribution in [-0.2, 0) is 0 Å². The van der Waals surface area contributed by atoms with Crippen LogP contribution in [-0.4, -0.2) is 9.85 Å². The highest BCUT2D eigenvalue weighted by Crippen LogP contribution is 2.29. The van der Waals surface area contributed by atoms with E-state index in [9.17, 15) is 20.2 Å². The van der Waals surface area contributed by atoms with E-state index >= 15 is 0 Å². The van der Waals surface area contributed by atoms with Crippen molar-refractivity contribution in [2.45, 2.75) is 33.1 Å². The number of nitrogens with one attached hydrogen (secondary N) is 2. The normalized spacial score (nSPS) is 15.3. The van der Waals surface area contributed by atoms with E-state index in [4.69, 9.17) is 0 Å². The first-order chi connectivity index (χ1) is 11.9. The van der Waals surface area contributed by atoms with Crippen molar-refractivity contribution in [1.29, 1.82) is 0 Å². The lowest BCUT2D eigenvalue weighted by Gasteiger charge is -2.17. The highest BCUT2D eigenvalue weighted by molar-refractivity contribution is 5.65. The molecule has 8 nitrogen and oxygen atoms in total. The maximum absolute atomic E-state index is 11.2. The fourth-order valence-electron chi connectivity index (χ4n) is 2.49. The Kier molecular flexibility index (Phi) is 5.89. The van der Waals surface area contributed by atoms with Gasteiger partial charge in [-0.15, -0.1) is 0 Å². The number of benzene rings is 1. The topological polar surface area (TPSA) is 110 Å². The maximum Gasteiger partial charge on any atom is 0.300 e. The van der Waals surface area contributed by atoms with Crippen LogP contribution in [0.4, 0.5) is 17.1 Å². The van der Waals surface area contributed by atoms with Crippen LogP contribution in [0.1, 0.15) is 33.1 Å². The van der Waals surface area contributed by atoms with E-state index < -0.39 is 9.85 Å². The number of nitro groups is 2. The molecular formula is C17H20N4O4. The van der Waals surface area contributed by atoms with Crippen LogP contribution in [0.25, 0.3) is 0 Å². The zero-order valence-corrected chi connectivity index (χ0v) is 14.1. The molecule has 2 N–H and O–H groups in total. The van der Waals surface area contributed by atoms with Gasteiger partial charge in [0.2, 0.25) is 0 Å². The van der Waals surface area contributed by atoms with Crippen LogP contribution in [0.5, 0.6) is 0 Å². The fraction of sp³-hybridized carbons (Fsp3) is 0.294. The Bertz CT molecular complexity index is 777. The highest BCUT2D eigenvalue weighted by Gasteiger charge is 2.19. The van der Waals surface area contributed by atoms with Crippen LogP contribution >= 0.6 is 0 Å². The van der Waals surface area contributed by atoms with Crippen LogP contribution in [0.15, 0.2) is 53.3 Å². The second kappa shape index (κ2) is 8.09. The van der Waals surface area contributed by atoms with Gasteiger partial charge in [-0.25, -0.2) is 0 Å². The third-order valence-corrected chi connectivity index (χ3v) is 3.68. The van der Waals surface area contributed by atoms with E-state index in [-0.39, 0.29) is 17.1 Å². The van der Waals surface area contributed by atoms with E-state index in [1.807, 2.05) is 19.9 Å². The zero-order chi connectivity index (χ0) is 18.4. The summed E-state index contributed by atoms with van der Waals surface area (Å²) >= 11 is 0. The van der Waals surface area contributed by atoms with Crippen molar-refractivity contribution in [2.24, 2.45) is 0 Å².